The minimum atomic E-state index is -0.251. The largest absolute Gasteiger partial charge is 0.445 e. The summed E-state index contributed by atoms with van der Waals surface area (Å²) in [5, 5.41) is 6.32. The Morgan fingerprint density at radius 1 is 0.851 bits per heavy atom. The van der Waals surface area contributed by atoms with Crippen molar-refractivity contribution in [3.63, 3.8) is 0 Å². The fourth-order valence-corrected chi connectivity index (χ4v) is 7.58. The van der Waals surface area contributed by atoms with Crippen molar-refractivity contribution in [1.29, 1.82) is 0 Å². The van der Waals surface area contributed by atoms with Gasteiger partial charge in [-0.15, -0.1) is 0 Å². The van der Waals surface area contributed by atoms with Crippen LogP contribution >= 0.6 is 0 Å². The van der Waals surface area contributed by atoms with Gasteiger partial charge in [0.15, 0.2) is 0 Å². The van der Waals surface area contributed by atoms with E-state index in [2.05, 4.69) is 63.3 Å². The van der Waals surface area contributed by atoms with Crippen molar-refractivity contribution in [2.45, 2.75) is 64.3 Å². The van der Waals surface area contributed by atoms with E-state index < -0.39 is 0 Å². The van der Waals surface area contributed by atoms with Gasteiger partial charge in [0, 0.05) is 74.5 Å². The minimum absolute atomic E-state index is 0.251. The molecule has 9 nitrogen and oxygen atoms in total. The molecular weight excluding hydrogens is 586 g/mol. The quantitative estimate of drug-likeness (QED) is 0.266. The van der Waals surface area contributed by atoms with Gasteiger partial charge in [0.25, 0.3) is 0 Å². The predicted octanol–water partition coefficient (Wildman–Crippen LogP) is 6.00. The molecule has 0 bridgehead atoms. The van der Waals surface area contributed by atoms with Crippen molar-refractivity contribution in [3.8, 4) is 0 Å². The van der Waals surface area contributed by atoms with E-state index in [-0.39, 0.29) is 6.09 Å². The second-order valence-electron chi connectivity index (χ2n) is 13.7. The third-order valence-electron chi connectivity index (χ3n) is 10.3. The van der Waals surface area contributed by atoms with Crippen molar-refractivity contribution >= 4 is 34.3 Å². The fraction of sp³-hybridized carbons (Fsp3) is 0.447. The van der Waals surface area contributed by atoms with Gasteiger partial charge < -0.3 is 29.7 Å². The second kappa shape index (κ2) is 13.0. The van der Waals surface area contributed by atoms with Gasteiger partial charge in [0.05, 0.1) is 12.2 Å². The molecule has 0 unspecified atom stereocenters. The first-order valence-corrected chi connectivity index (χ1v) is 17.4. The monoisotopic (exact) mass is 631 g/mol. The normalized spacial score (nSPS) is 19.1. The summed E-state index contributed by atoms with van der Waals surface area (Å²) in [5.41, 5.74) is 5.89. The number of likely N-dealkylation sites (tertiary alicyclic amines) is 1. The molecule has 4 aromatic rings. The average Bonchev–Trinajstić information content (AvgIpc) is 3.96. The summed E-state index contributed by atoms with van der Waals surface area (Å²) in [6.07, 6.45) is 5.60. The smallest absolute Gasteiger partial charge is 0.410 e. The molecule has 4 heterocycles. The molecule has 0 atom stereocenters. The Labute approximate surface area is 277 Å². The molecular formula is C38H45N7O2. The van der Waals surface area contributed by atoms with Crippen LogP contribution in [0.1, 0.15) is 48.1 Å². The number of carbonyl (C=O) groups is 1. The molecule has 1 saturated carbocycles. The van der Waals surface area contributed by atoms with E-state index in [1.807, 2.05) is 35.2 Å². The van der Waals surface area contributed by atoms with Gasteiger partial charge in [0.1, 0.15) is 12.4 Å². The molecule has 8 rings (SSSR count). The zero-order valence-electron chi connectivity index (χ0n) is 27.4. The van der Waals surface area contributed by atoms with Crippen molar-refractivity contribution in [3.05, 3.63) is 89.1 Å². The van der Waals surface area contributed by atoms with Crippen LogP contribution in [0.15, 0.2) is 66.7 Å². The second-order valence-corrected chi connectivity index (χ2v) is 13.7. The number of aryl methyl sites for hydroxylation is 1. The number of fused-ring (bicyclic) bond motifs is 2. The number of aromatic nitrogens is 2. The van der Waals surface area contributed by atoms with Crippen LogP contribution < -0.4 is 15.1 Å². The van der Waals surface area contributed by atoms with E-state index in [0.717, 1.165) is 87.6 Å². The van der Waals surface area contributed by atoms with Gasteiger partial charge in [-0.1, -0.05) is 60.7 Å². The van der Waals surface area contributed by atoms with Crippen LogP contribution in [-0.4, -0.2) is 83.8 Å². The number of hydrogen-bond acceptors (Lipinski definition) is 8. The number of rotatable bonds is 7. The van der Waals surface area contributed by atoms with E-state index in [0.29, 0.717) is 25.7 Å². The summed E-state index contributed by atoms with van der Waals surface area (Å²) in [4.78, 5) is 32.7. The first-order valence-electron chi connectivity index (χ1n) is 17.4. The number of benzene rings is 3. The molecule has 3 fully saturated rings. The first kappa shape index (κ1) is 30.0. The summed E-state index contributed by atoms with van der Waals surface area (Å²) in [5.74, 6) is 1.77. The molecule has 1 aromatic heterocycles. The van der Waals surface area contributed by atoms with Crippen LogP contribution in [0.3, 0.4) is 0 Å². The summed E-state index contributed by atoms with van der Waals surface area (Å²) in [6, 6.07) is 24.3. The van der Waals surface area contributed by atoms with Gasteiger partial charge in [-0.3, -0.25) is 0 Å². The number of nitrogens with zero attached hydrogens (tertiary/aromatic N) is 6. The Morgan fingerprint density at radius 3 is 2.40 bits per heavy atom. The lowest BCUT2D eigenvalue weighted by atomic mass is 10.0. The standard InChI is InChI=1S/C38H45N7O2/c1-27-23-29-9-5-6-10-32(29)35(24-27)45-18-15-33-34(25-45)40-37(39-30-13-16-42(17-14-30)31-11-12-31)41-36(33)43-19-21-44(22-20-43)38(46)47-26-28-7-3-2-4-8-28/h2-10,23-24,30-31H,11-22,25-26H2,1H3,(H,39,40,41). The number of carbonyl (C=O) groups excluding carboxylic acids is 1. The van der Waals surface area contributed by atoms with E-state index in [9.17, 15) is 4.79 Å². The summed E-state index contributed by atoms with van der Waals surface area (Å²) in [7, 11) is 0. The molecule has 9 heteroatoms. The number of piperidine rings is 1. The highest BCUT2D eigenvalue weighted by atomic mass is 16.6. The van der Waals surface area contributed by atoms with Crippen LogP contribution in [0.5, 0.6) is 0 Å². The average molecular weight is 632 g/mol. The molecule has 1 N–H and O–H groups in total. The molecule has 4 aliphatic rings. The maximum absolute atomic E-state index is 12.9. The molecule has 244 valence electrons. The molecule has 3 aromatic carbocycles. The van der Waals surface area contributed by atoms with Gasteiger partial charge in [-0.2, -0.15) is 4.98 Å². The third kappa shape index (κ3) is 6.59. The van der Waals surface area contributed by atoms with Crippen molar-refractivity contribution in [2.75, 3.05) is 60.9 Å². The third-order valence-corrected chi connectivity index (χ3v) is 10.3. The van der Waals surface area contributed by atoms with E-state index in [1.165, 1.54) is 40.4 Å². The minimum Gasteiger partial charge on any atom is -0.445 e. The van der Waals surface area contributed by atoms with Crippen molar-refractivity contribution in [1.82, 2.24) is 19.8 Å². The molecule has 47 heavy (non-hydrogen) atoms. The molecule has 0 radical (unpaired) electrons. The highest BCUT2D eigenvalue weighted by Gasteiger charge is 2.33. The Balaban J connectivity index is 1.02. The van der Waals surface area contributed by atoms with Crippen molar-refractivity contribution < 1.29 is 9.53 Å². The maximum Gasteiger partial charge on any atom is 0.410 e. The number of hydrogen-bond donors (Lipinski definition) is 1. The van der Waals surface area contributed by atoms with E-state index >= 15 is 0 Å². The number of nitrogens with one attached hydrogen (secondary N) is 1. The van der Waals surface area contributed by atoms with Crippen LogP contribution in [0, 0.1) is 6.92 Å². The van der Waals surface area contributed by atoms with Gasteiger partial charge in [-0.25, -0.2) is 9.78 Å². The molecule has 2 saturated heterocycles. The van der Waals surface area contributed by atoms with Crippen LogP contribution in [-0.2, 0) is 24.3 Å². The van der Waals surface area contributed by atoms with Gasteiger partial charge >= 0.3 is 6.09 Å². The van der Waals surface area contributed by atoms with E-state index in [1.54, 1.807) is 0 Å². The Morgan fingerprint density at radius 2 is 1.62 bits per heavy atom. The Kier molecular flexibility index (Phi) is 8.31. The lowest BCUT2D eigenvalue weighted by molar-refractivity contribution is 0.0941. The van der Waals surface area contributed by atoms with Crippen LogP contribution in [0.2, 0.25) is 0 Å². The lowest BCUT2D eigenvalue weighted by Crippen LogP contribution is -2.49. The molecule has 1 aliphatic carbocycles. The van der Waals surface area contributed by atoms with Gasteiger partial charge in [0.2, 0.25) is 5.95 Å². The van der Waals surface area contributed by atoms with Crippen LogP contribution in [0.4, 0.5) is 22.2 Å². The Bertz CT molecular complexity index is 1730. The first-order chi connectivity index (χ1) is 23.1. The highest BCUT2D eigenvalue weighted by Crippen LogP contribution is 2.35. The SMILES string of the molecule is Cc1cc(N2CCc3c(nc(NC4CCN(C5CC5)CC4)nc3N3CCN(C(=O)OCc4ccccc4)CC3)C2)c2ccccc2c1. The zero-order chi connectivity index (χ0) is 31.7. The maximum atomic E-state index is 12.9. The fourth-order valence-electron chi connectivity index (χ4n) is 7.58. The number of amides is 1. The predicted molar refractivity (Wildman–Crippen MR) is 187 cm³/mol. The van der Waals surface area contributed by atoms with Gasteiger partial charge in [-0.05, 0) is 61.6 Å². The molecule has 3 aliphatic heterocycles. The zero-order valence-corrected chi connectivity index (χ0v) is 27.4. The van der Waals surface area contributed by atoms with Crippen LogP contribution in [0.25, 0.3) is 10.8 Å². The summed E-state index contributed by atoms with van der Waals surface area (Å²) < 4.78 is 5.65. The molecule has 1 amide bonds. The molecule has 0 spiro atoms. The highest BCUT2D eigenvalue weighted by molar-refractivity contribution is 5.95. The topological polar surface area (TPSA) is 77.1 Å². The Hall–Kier alpha value is -4.37. The number of piperazine rings is 1. The summed E-state index contributed by atoms with van der Waals surface area (Å²) >= 11 is 0. The van der Waals surface area contributed by atoms with E-state index in [4.69, 9.17) is 14.7 Å². The number of anilines is 3. The lowest BCUT2D eigenvalue weighted by Gasteiger charge is -2.38. The summed E-state index contributed by atoms with van der Waals surface area (Å²) in [6.45, 7) is 9.08. The number of ether oxygens (including phenoxy) is 1. The van der Waals surface area contributed by atoms with Crippen molar-refractivity contribution in [2.24, 2.45) is 0 Å².